The number of carboxylic acid groups (broad SMARTS) is 1. The molecule has 0 fully saturated rings. The van der Waals surface area contributed by atoms with E-state index in [2.05, 4.69) is 10.0 Å². The van der Waals surface area contributed by atoms with Crippen LogP contribution in [0, 0.1) is 0 Å². The number of nitrogens with one attached hydrogen (secondary N) is 2. The van der Waals surface area contributed by atoms with Crippen molar-refractivity contribution in [3.63, 3.8) is 0 Å². The molecule has 0 aliphatic carbocycles. The first-order valence-corrected chi connectivity index (χ1v) is 9.55. The SMILES string of the molecule is O=C(O)C1Cc2ccc(S(=O)(=O)NCCc3ccccc3)cc2CN1. The van der Waals surface area contributed by atoms with E-state index in [1.807, 2.05) is 30.3 Å². The van der Waals surface area contributed by atoms with Gasteiger partial charge in [-0.05, 0) is 41.7 Å². The van der Waals surface area contributed by atoms with Gasteiger partial charge in [0.05, 0.1) is 4.90 Å². The van der Waals surface area contributed by atoms with Crippen LogP contribution in [0.2, 0.25) is 0 Å². The normalized spacial score (nSPS) is 17.0. The first-order valence-electron chi connectivity index (χ1n) is 8.07. The summed E-state index contributed by atoms with van der Waals surface area (Å²) in [6, 6.07) is 13.9. The summed E-state index contributed by atoms with van der Waals surface area (Å²) in [5.41, 5.74) is 2.76. The number of aliphatic carboxylic acids is 1. The number of hydrogen-bond donors (Lipinski definition) is 3. The van der Waals surface area contributed by atoms with Crippen LogP contribution in [0.25, 0.3) is 0 Å². The molecule has 2 aromatic rings. The monoisotopic (exact) mass is 360 g/mol. The van der Waals surface area contributed by atoms with Gasteiger partial charge in [-0.3, -0.25) is 4.79 Å². The zero-order chi connectivity index (χ0) is 17.9. The highest BCUT2D eigenvalue weighted by Crippen LogP contribution is 2.21. The van der Waals surface area contributed by atoms with Gasteiger partial charge < -0.3 is 10.4 Å². The minimum atomic E-state index is -3.59. The van der Waals surface area contributed by atoms with Gasteiger partial charge >= 0.3 is 5.97 Å². The van der Waals surface area contributed by atoms with Gasteiger partial charge in [-0.15, -0.1) is 0 Å². The van der Waals surface area contributed by atoms with Crippen molar-refractivity contribution < 1.29 is 18.3 Å². The van der Waals surface area contributed by atoms with Crippen LogP contribution in [0.4, 0.5) is 0 Å². The lowest BCUT2D eigenvalue weighted by molar-refractivity contribution is -0.139. The van der Waals surface area contributed by atoms with Gasteiger partial charge in [-0.2, -0.15) is 0 Å². The largest absolute Gasteiger partial charge is 0.480 e. The van der Waals surface area contributed by atoms with Crippen LogP contribution in [0.5, 0.6) is 0 Å². The highest BCUT2D eigenvalue weighted by Gasteiger charge is 2.25. The van der Waals surface area contributed by atoms with Gasteiger partial charge in [0.25, 0.3) is 0 Å². The van der Waals surface area contributed by atoms with E-state index in [-0.39, 0.29) is 4.90 Å². The predicted molar refractivity (Wildman–Crippen MR) is 93.7 cm³/mol. The molecule has 0 saturated carbocycles. The third-order valence-corrected chi connectivity index (χ3v) is 5.76. The Labute approximate surface area is 146 Å². The Bertz CT molecular complexity index is 866. The van der Waals surface area contributed by atoms with Gasteiger partial charge in [0, 0.05) is 13.1 Å². The summed E-state index contributed by atoms with van der Waals surface area (Å²) < 4.78 is 27.5. The Hall–Kier alpha value is -2.22. The van der Waals surface area contributed by atoms with E-state index >= 15 is 0 Å². The van der Waals surface area contributed by atoms with E-state index in [0.29, 0.717) is 25.9 Å². The van der Waals surface area contributed by atoms with Crippen LogP contribution >= 0.6 is 0 Å². The molecule has 0 saturated heterocycles. The van der Waals surface area contributed by atoms with Gasteiger partial charge in [-0.1, -0.05) is 36.4 Å². The van der Waals surface area contributed by atoms with E-state index in [1.54, 1.807) is 12.1 Å². The van der Waals surface area contributed by atoms with Crippen molar-refractivity contribution in [2.45, 2.75) is 30.3 Å². The molecule has 6 nitrogen and oxygen atoms in total. The minimum absolute atomic E-state index is 0.204. The number of benzene rings is 2. The quantitative estimate of drug-likeness (QED) is 0.722. The summed E-state index contributed by atoms with van der Waals surface area (Å²) in [7, 11) is -3.59. The third kappa shape index (κ3) is 4.25. The molecule has 25 heavy (non-hydrogen) atoms. The number of hydrogen-bond acceptors (Lipinski definition) is 4. The topological polar surface area (TPSA) is 95.5 Å². The Morgan fingerprint density at radius 2 is 1.92 bits per heavy atom. The molecule has 132 valence electrons. The van der Waals surface area contributed by atoms with Crippen molar-refractivity contribution in [1.29, 1.82) is 0 Å². The van der Waals surface area contributed by atoms with Crippen molar-refractivity contribution >= 4 is 16.0 Å². The molecule has 1 unspecified atom stereocenters. The fourth-order valence-corrected chi connectivity index (χ4v) is 3.97. The van der Waals surface area contributed by atoms with E-state index in [0.717, 1.165) is 16.7 Å². The summed E-state index contributed by atoms with van der Waals surface area (Å²) in [5, 5.41) is 12.0. The lowest BCUT2D eigenvalue weighted by atomic mass is 9.96. The standard InChI is InChI=1S/C18H20N2O4S/c21-18(22)17-11-14-6-7-16(10-15(14)12-19-17)25(23,24)20-9-8-13-4-2-1-3-5-13/h1-7,10,17,19-20H,8-9,11-12H2,(H,21,22). The maximum Gasteiger partial charge on any atom is 0.321 e. The van der Waals surface area contributed by atoms with Crippen LogP contribution in [0.1, 0.15) is 16.7 Å². The maximum atomic E-state index is 12.5. The molecule has 7 heteroatoms. The second-order valence-electron chi connectivity index (χ2n) is 6.04. The van der Waals surface area contributed by atoms with Crippen LogP contribution in [-0.2, 0) is 34.2 Å². The van der Waals surface area contributed by atoms with Crippen LogP contribution in [0.15, 0.2) is 53.4 Å². The zero-order valence-corrected chi connectivity index (χ0v) is 14.4. The highest BCUT2D eigenvalue weighted by atomic mass is 32.2. The van der Waals surface area contributed by atoms with Gasteiger partial charge in [0.15, 0.2) is 0 Å². The second kappa shape index (κ2) is 7.35. The molecule has 3 rings (SSSR count). The fraction of sp³-hybridized carbons (Fsp3) is 0.278. The summed E-state index contributed by atoms with van der Waals surface area (Å²) in [5.74, 6) is -0.898. The Morgan fingerprint density at radius 1 is 1.16 bits per heavy atom. The first kappa shape index (κ1) is 17.6. The molecule has 0 spiro atoms. The number of carbonyl (C=O) groups is 1. The van der Waals surface area contributed by atoms with E-state index < -0.39 is 22.0 Å². The molecular formula is C18H20N2O4S. The van der Waals surface area contributed by atoms with Gasteiger partial charge in [-0.25, -0.2) is 13.1 Å². The Balaban J connectivity index is 1.67. The van der Waals surface area contributed by atoms with Crippen LogP contribution in [-0.4, -0.2) is 32.1 Å². The smallest absolute Gasteiger partial charge is 0.321 e. The molecule has 1 aliphatic rings. The average Bonchev–Trinajstić information content (AvgIpc) is 2.61. The first-order chi connectivity index (χ1) is 12.0. The molecule has 2 aromatic carbocycles. The summed E-state index contributed by atoms with van der Waals surface area (Å²) in [4.78, 5) is 11.3. The number of rotatable bonds is 6. The molecule has 0 amide bonds. The Kier molecular flexibility index (Phi) is 5.17. The Morgan fingerprint density at radius 3 is 2.64 bits per heavy atom. The van der Waals surface area contributed by atoms with Crippen LogP contribution in [0.3, 0.4) is 0 Å². The molecule has 0 bridgehead atoms. The van der Waals surface area contributed by atoms with E-state index in [4.69, 9.17) is 5.11 Å². The fourth-order valence-electron chi connectivity index (χ4n) is 2.89. The molecule has 0 radical (unpaired) electrons. The number of carboxylic acids is 1. The summed E-state index contributed by atoms with van der Waals surface area (Å²) in [6.45, 7) is 0.669. The summed E-state index contributed by atoms with van der Waals surface area (Å²) >= 11 is 0. The van der Waals surface area contributed by atoms with Gasteiger partial charge in [0.2, 0.25) is 10.0 Å². The van der Waals surface area contributed by atoms with E-state index in [1.165, 1.54) is 6.07 Å². The molecular weight excluding hydrogens is 340 g/mol. The highest BCUT2D eigenvalue weighted by molar-refractivity contribution is 7.89. The average molecular weight is 360 g/mol. The molecule has 1 heterocycles. The van der Waals surface area contributed by atoms with Crippen molar-refractivity contribution in [3.8, 4) is 0 Å². The third-order valence-electron chi connectivity index (χ3n) is 4.30. The lowest BCUT2D eigenvalue weighted by Crippen LogP contribution is -2.41. The minimum Gasteiger partial charge on any atom is -0.480 e. The van der Waals surface area contributed by atoms with E-state index in [9.17, 15) is 13.2 Å². The molecule has 0 aromatic heterocycles. The predicted octanol–water partition coefficient (Wildman–Crippen LogP) is 1.31. The van der Waals surface area contributed by atoms with Crippen molar-refractivity contribution in [1.82, 2.24) is 10.0 Å². The zero-order valence-electron chi connectivity index (χ0n) is 13.6. The van der Waals surface area contributed by atoms with Crippen LogP contribution < -0.4 is 10.0 Å². The van der Waals surface area contributed by atoms with Gasteiger partial charge in [0.1, 0.15) is 6.04 Å². The second-order valence-corrected chi connectivity index (χ2v) is 7.81. The molecule has 3 N–H and O–H groups in total. The van der Waals surface area contributed by atoms with Crippen molar-refractivity contribution in [2.24, 2.45) is 0 Å². The maximum absolute atomic E-state index is 12.5. The summed E-state index contributed by atoms with van der Waals surface area (Å²) in [6.07, 6.45) is 0.972. The lowest BCUT2D eigenvalue weighted by Gasteiger charge is -2.23. The number of fused-ring (bicyclic) bond motifs is 1. The van der Waals surface area contributed by atoms with Crippen molar-refractivity contribution in [3.05, 3.63) is 65.2 Å². The number of sulfonamides is 1. The van der Waals surface area contributed by atoms with Crippen molar-refractivity contribution in [2.75, 3.05) is 6.54 Å². The molecule has 1 atom stereocenters. The molecule has 1 aliphatic heterocycles.